The summed E-state index contributed by atoms with van der Waals surface area (Å²) in [5, 5.41) is 15.3. The average molecular weight is 700 g/mol. The topological polar surface area (TPSA) is 170 Å². The first kappa shape index (κ1) is 39.5. The Kier molecular flexibility index (Phi) is 14.7. The number of carbonyl (C=O) groups excluding carboxylic acids is 3. The van der Waals surface area contributed by atoms with Gasteiger partial charge < -0.3 is 35.7 Å². The first-order chi connectivity index (χ1) is 23.1. The zero-order valence-electron chi connectivity index (χ0n) is 29.2. The molecule has 1 saturated heterocycles. The number of esters is 1. The number of hydrogen-bond donors (Lipinski definition) is 4. The van der Waals surface area contributed by atoms with Crippen molar-refractivity contribution >= 4 is 35.4 Å². The van der Waals surface area contributed by atoms with Gasteiger partial charge in [-0.2, -0.15) is 0 Å². The molecule has 2 aromatic carbocycles. The number of allylic oxidation sites excluding steroid dienone is 1. The molecule has 1 aliphatic heterocycles. The minimum Gasteiger partial charge on any atom is -0.495 e. The van der Waals surface area contributed by atoms with E-state index in [0.29, 0.717) is 29.3 Å². The number of amides is 2. The van der Waals surface area contributed by atoms with Gasteiger partial charge in [-0.05, 0) is 79.8 Å². The molecule has 12 heteroatoms. The predicted molar refractivity (Wildman–Crippen MR) is 187 cm³/mol. The lowest BCUT2D eigenvalue weighted by Crippen LogP contribution is -2.51. The van der Waals surface area contributed by atoms with Gasteiger partial charge >= 0.3 is 11.9 Å². The molecule has 49 heavy (non-hydrogen) atoms. The van der Waals surface area contributed by atoms with Crippen LogP contribution in [0.2, 0.25) is 5.02 Å². The van der Waals surface area contributed by atoms with Crippen LogP contribution >= 0.6 is 11.6 Å². The standard InChI is InChI=1S/C37H50ClN3O8/c1-22(2)17-30(35(44)45)48-36(46)37(4,5)21-40-34(43)28(19-25-13-16-29(47-6)27(38)18-25)41-31(42)10-8-7-9-23(3)32-33(49-32)26-14-11-24(20-39)12-15-26/h8,10-16,18,22-23,28,30,32-33H,7,9,17,19-21,39H2,1-6H3,(H,40,43)(H,41,42)(H,44,45)/b10-8+/t23-,28+,30-,32+,33+/m0/s1. The third kappa shape index (κ3) is 12.2. The highest BCUT2D eigenvalue weighted by molar-refractivity contribution is 6.32. The summed E-state index contributed by atoms with van der Waals surface area (Å²) < 4.78 is 16.4. The maximum atomic E-state index is 13.4. The van der Waals surface area contributed by atoms with Crippen molar-refractivity contribution < 1.29 is 38.5 Å². The predicted octanol–water partition coefficient (Wildman–Crippen LogP) is 5.13. The SMILES string of the molecule is COc1ccc(C[C@@H](NC(=O)/C=C/CC[C@H](C)[C@H]2O[C@@H]2c2ccc(CN)cc2)C(=O)NCC(C)(C)C(=O)O[C@@H](CC(C)C)C(=O)O)cc1Cl. The fourth-order valence-electron chi connectivity index (χ4n) is 5.30. The van der Waals surface area contributed by atoms with Gasteiger partial charge in [0.15, 0.2) is 6.10 Å². The van der Waals surface area contributed by atoms with Crippen molar-refractivity contribution in [2.75, 3.05) is 13.7 Å². The molecule has 11 nitrogen and oxygen atoms in total. The zero-order chi connectivity index (χ0) is 36.3. The van der Waals surface area contributed by atoms with Crippen molar-refractivity contribution in [3.63, 3.8) is 0 Å². The summed E-state index contributed by atoms with van der Waals surface area (Å²) in [7, 11) is 1.50. The fourth-order valence-corrected chi connectivity index (χ4v) is 5.58. The molecule has 1 fully saturated rings. The van der Waals surface area contributed by atoms with Crippen LogP contribution in [0.1, 0.15) is 76.7 Å². The number of carboxylic acids is 1. The van der Waals surface area contributed by atoms with E-state index in [-0.39, 0.29) is 43.4 Å². The van der Waals surface area contributed by atoms with Gasteiger partial charge in [-0.1, -0.05) is 68.8 Å². The maximum absolute atomic E-state index is 13.4. The Labute approximate surface area is 293 Å². The second-order valence-corrected chi connectivity index (χ2v) is 14.0. The van der Waals surface area contributed by atoms with Crippen LogP contribution in [0.4, 0.5) is 0 Å². The van der Waals surface area contributed by atoms with E-state index in [4.69, 9.17) is 31.5 Å². The maximum Gasteiger partial charge on any atom is 0.345 e. The third-order valence-corrected chi connectivity index (χ3v) is 8.74. The number of epoxide rings is 1. The molecule has 0 unspecified atom stereocenters. The van der Waals surface area contributed by atoms with E-state index in [0.717, 1.165) is 17.5 Å². The fraction of sp³-hybridized carbons (Fsp3) is 0.514. The Balaban J connectivity index is 1.60. The summed E-state index contributed by atoms with van der Waals surface area (Å²) in [5.41, 5.74) is 7.33. The Hall–Kier alpha value is -3.93. The van der Waals surface area contributed by atoms with Crippen molar-refractivity contribution in [1.82, 2.24) is 10.6 Å². The smallest absolute Gasteiger partial charge is 0.345 e. The minimum absolute atomic E-state index is 0.00466. The number of benzene rings is 2. The molecule has 0 aromatic heterocycles. The van der Waals surface area contributed by atoms with Crippen LogP contribution < -0.4 is 21.1 Å². The molecular weight excluding hydrogens is 650 g/mol. The molecular formula is C37H50ClN3O8. The van der Waals surface area contributed by atoms with Crippen LogP contribution in [0.25, 0.3) is 0 Å². The molecule has 2 aromatic rings. The Bertz CT molecular complexity index is 1480. The van der Waals surface area contributed by atoms with Gasteiger partial charge in [-0.3, -0.25) is 14.4 Å². The first-order valence-electron chi connectivity index (χ1n) is 16.6. The highest BCUT2D eigenvalue weighted by Crippen LogP contribution is 2.44. The van der Waals surface area contributed by atoms with Crippen molar-refractivity contribution in [3.8, 4) is 5.75 Å². The molecule has 0 radical (unpaired) electrons. The van der Waals surface area contributed by atoms with Gasteiger partial charge in [0.05, 0.1) is 23.7 Å². The van der Waals surface area contributed by atoms with Gasteiger partial charge in [0, 0.05) is 19.5 Å². The summed E-state index contributed by atoms with van der Waals surface area (Å²) >= 11 is 6.31. The van der Waals surface area contributed by atoms with Crippen molar-refractivity contribution in [3.05, 3.63) is 76.3 Å². The summed E-state index contributed by atoms with van der Waals surface area (Å²) in [6.45, 7) is 9.24. The monoisotopic (exact) mass is 699 g/mol. The molecule has 0 saturated carbocycles. The number of carbonyl (C=O) groups is 4. The summed E-state index contributed by atoms with van der Waals surface area (Å²) in [4.78, 5) is 51.0. The lowest BCUT2D eigenvalue weighted by atomic mass is 9.93. The second kappa shape index (κ2) is 18.2. The number of halogens is 1. The average Bonchev–Trinajstić information content (AvgIpc) is 3.86. The Morgan fingerprint density at radius 1 is 1.08 bits per heavy atom. The molecule has 0 bridgehead atoms. The normalized spacial score (nSPS) is 17.7. The van der Waals surface area contributed by atoms with Gasteiger partial charge in [-0.15, -0.1) is 0 Å². The van der Waals surface area contributed by atoms with Crippen LogP contribution in [0, 0.1) is 17.3 Å². The van der Waals surface area contributed by atoms with E-state index in [1.807, 2.05) is 38.1 Å². The van der Waals surface area contributed by atoms with Crippen molar-refractivity contribution in [2.45, 2.75) is 91.2 Å². The Morgan fingerprint density at radius 2 is 1.76 bits per heavy atom. The molecule has 5 atom stereocenters. The molecule has 1 aliphatic rings. The molecule has 2 amide bonds. The van der Waals surface area contributed by atoms with E-state index < -0.39 is 41.3 Å². The number of ether oxygens (including phenoxy) is 3. The van der Waals surface area contributed by atoms with Gasteiger partial charge in [-0.25, -0.2) is 4.79 Å². The molecule has 0 spiro atoms. The quantitative estimate of drug-likeness (QED) is 0.0882. The van der Waals surface area contributed by atoms with E-state index in [1.165, 1.54) is 13.2 Å². The number of carboxylic acid groups (broad SMARTS) is 1. The van der Waals surface area contributed by atoms with Crippen LogP contribution in [0.3, 0.4) is 0 Å². The van der Waals surface area contributed by atoms with Crippen LogP contribution in [0.15, 0.2) is 54.6 Å². The highest BCUT2D eigenvalue weighted by atomic mass is 35.5. The van der Waals surface area contributed by atoms with E-state index in [9.17, 15) is 24.3 Å². The van der Waals surface area contributed by atoms with Crippen LogP contribution in [-0.2, 0) is 41.6 Å². The molecule has 3 rings (SSSR count). The van der Waals surface area contributed by atoms with Crippen LogP contribution in [-0.4, -0.2) is 60.8 Å². The number of nitrogens with one attached hydrogen (secondary N) is 2. The summed E-state index contributed by atoms with van der Waals surface area (Å²) in [6.07, 6.45) is 3.78. The lowest BCUT2D eigenvalue weighted by molar-refractivity contribution is -0.171. The van der Waals surface area contributed by atoms with E-state index in [1.54, 1.807) is 38.1 Å². The summed E-state index contributed by atoms with van der Waals surface area (Å²) in [6, 6.07) is 12.2. The minimum atomic E-state index is -1.30. The number of rotatable bonds is 19. The highest BCUT2D eigenvalue weighted by Gasteiger charge is 2.43. The van der Waals surface area contributed by atoms with Crippen LogP contribution in [0.5, 0.6) is 5.75 Å². The van der Waals surface area contributed by atoms with E-state index in [2.05, 4.69) is 17.6 Å². The number of hydrogen-bond acceptors (Lipinski definition) is 8. The first-order valence-corrected chi connectivity index (χ1v) is 17.0. The van der Waals surface area contributed by atoms with Crippen molar-refractivity contribution in [2.24, 2.45) is 23.0 Å². The summed E-state index contributed by atoms with van der Waals surface area (Å²) in [5.74, 6) is -2.23. The third-order valence-electron chi connectivity index (χ3n) is 8.44. The number of methoxy groups -OCH3 is 1. The molecule has 0 aliphatic carbocycles. The molecule has 268 valence electrons. The van der Waals surface area contributed by atoms with Crippen molar-refractivity contribution in [1.29, 1.82) is 0 Å². The number of aliphatic carboxylic acids is 1. The molecule has 5 N–H and O–H groups in total. The second-order valence-electron chi connectivity index (χ2n) is 13.6. The Morgan fingerprint density at radius 3 is 2.35 bits per heavy atom. The number of nitrogens with two attached hydrogens (primary N) is 1. The van der Waals surface area contributed by atoms with E-state index >= 15 is 0 Å². The zero-order valence-corrected chi connectivity index (χ0v) is 29.9. The van der Waals surface area contributed by atoms with Gasteiger partial charge in [0.25, 0.3) is 0 Å². The molecule has 1 heterocycles. The lowest BCUT2D eigenvalue weighted by Gasteiger charge is -2.27. The largest absolute Gasteiger partial charge is 0.495 e. The van der Waals surface area contributed by atoms with Gasteiger partial charge in [0.2, 0.25) is 11.8 Å². The van der Waals surface area contributed by atoms with Gasteiger partial charge in [0.1, 0.15) is 17.9 Å².